The summed E-state index contributed by atoms with van der Waals surface area (Å²) in [5.41, 5.74) is 2.43. The molecule has 2 N–H and O–H groups in total. The second-order valence-corrected chi connectivity index (χ2v) is 6.43. The van der Waals surface area contributed by atoms with E-state index in [1.165, 1.54) is 0 Å². The smallest absolute Gasteiger partial charge is 0.243 e. The third-order valence-corrected chi connectivity index (χ3v) is 4.29. The molecular weight excluding hydrogens is 376 g/mol. The molecule has 0 aliphatic carbocycles. The first-order valence-electron chi connectivity index (χ1n) is 8.79. The zero-order valence-electron chi connectivity index (χ0n) is 15.4. The van der Waals surface area contributed by atoms with Gasteiger partial charge in [0.1, 0.15) is 18.1 Å². The summed E-state index contributed by atoms with van der Waals surface area (Å²) >= 11 is 6.08. The van der Waals surface area contributed by atoms with Gasteiger partial charge in [0.2, 0.25) is 5.91 Å². The van der Waals surface area contributed by atoms with Gasteiger partial charge in [0.05, 0.1) is 24.4 Å². The first-order valence-corrected chi connectivity index (χ1v) is 9.16. The van der Waals surface area contributed by atoms with Crippen LogP contribution in [0.4, 0.5) is 11.4 Å². The maximum atomic E-state index is 12.3. The van der Waals surface area contributed by atoms with Gasteiger partial charge in [-0.1, -0.05) is 54.1 Å². The van der Waals surface area contributed by atoms with Gasteiger partial charge in [0, 0.05) is 5.69 Å². The number of carbonyl (C=O) groups excluding carboxylic acids is 1. The highest BCUT2D eigenvalue weighted by atomic mass is 35.5. The Morgan fingerprint density at radius 3 is 2.46 bits per heavy atom. The molecule has 3 aromatic rings. The van der Waals surface area contributed by atoms with Crippen LogP contribution >= 0.6 is 11.6 Å². The highest BCUT2D eigenvalue weighted by Crippen LogP contribution is 2.27. The van der Waals surface area contributed by atoms with Gasteiger partial charge in [0.25, 0.3) is 0 Å². The van der Waals surface area contributed by atoms with Crippen molar-refractivity contribution in [3.05, 3.63) is 83.4 Å². The molecule has 0 aromatic heterocycles. The molecule has 0 saturated carbocycles. The van der Waals surface area contributed by atoms with E-state index in [1.54, 1.807) is 25.3 Å². The zero-order valence-corrected chi connectivity index (χ0v) is 16.2. The summed E-state index contributed by atoms with van der Waals surface area (Å²) in [5, 5.41) is 6.35. The molecule has 0 aliphatic rings. The molecule has 0 heterocycles. The number of amides is 1. The minimum Gasteiger partial charge on any atom is -0.495 e. The SMILES string of the molecule is COc1ccc(NC(=O)CNc2ccccc2OCc2ccccc2)cc1Cl. The second-order valence-electron chi connectivity index (χ2n) is 6.02. The first-order chi connectivity index (χ1) is 13.7. The maximum absolute atomic E-state index is 12.3. The minimum atomic E-state index is -0.195. The molecule has 1 amide bonds. The lowest BCUT2D eigenvalue weighted by Gasteiger charge is -2.13. The fourth-order valence-electron chi connectivity index (χ4n) is 2.60. The number of hydrogen-bond donors (Lipinski definition) is 2. The second kappa shape index (κ2) is 9.67. The molecule has 28 heavy (non-hydrogen) atoms. The highest BCUT2D eigenvalue weighted by Gasteiger charge is 2.08. The van der Waals surface area contributed by atoms with Gasteiger partial charge in [-0.25, -0.2) is 0 Å². The summed E-state index contributed by atoms with van der Waals surface area (Å²) < 4.78 is 11.0. The standard InChI is InChI=1S/C22H21ClN2O3/c1-27-20-12-11-17(13-18(20)23)25-22(26)14-24-19-9-5-6-10-21(19)28-15-16-7-3-2-4-8-16/h2-13,24H,14-15H2,1H3,(H,25,26). The summed E-state index contributed by atoms with van der Waals surface area (Å²) in [5.74, 6) is 1.05. The van der Waals surface area contributed by atoms with E-state index in [0.29, 0.717) is 28.8 Å². The van der Waals surface area contributed by atoms with Crippen LogP contribution in [0.5, 0.6) is 11.5 Å². The van der Waals surface area contributed by atoms with Gasteiger partial charge in [-0.05, 0) is 35.9 Å². The molecule has 0 atom stereocenters. The van der Waals surface area contributed by atoms with Gasteiger partial charge in [0.15, 0.2) is 0 Å². The molecule has 3 aromatic carbocycles. The van der Waals surface area contributed by atoms with E-state index < -0.39 is 0 Å². The van der Waals surface area contributed by atoms with Crippen LogP contribution < -0.4 is 20.1 Å². The maximum Gasteiger partial charge on any atom is 0.243 e. The van der Waals surface area contributed by atoms with Crippen molar-refractivity contribution in [3.63, 3.8) is 0 Å². The summed E-state index contributed by atoms with van der Waals surface area (Å²) in [6, 6.07) is 22.5. The number of halogens is 1. The Balaban J connectivity index is 1.56. The number of ether oxygens (including phenoxy) is 2. The summed E-state index contributed by atoms with van der Waals surface area (Å²) in [4.78, 5) is 12.3. The number of rotatable bonds is 8. The van der Waals surface area contributed by atoms with Gasteiger partial charge < -0.3 is 20.1 Å². The van der Waals surface area contributed by atoms with Gasteiger partial charge >= 0.3 is 0 Å². The van der Waals surface area contributed by atoms with Crippen LogP contribution in [0.3, 0.4) is 0 Å². The van der Waals surface area contributed by atoms with Crippen LogP contribution in [-0.2, 0) is 11.4 Å². The van der Waals surface area contributed by atoms with Crippen LogP contribution in [0.15, 0.2) is 72.8 Å². The van der Waals surface area contributed by atoms with E-state index in [1.807, 2.05) is 54.6 Å². The van der Waals surface area contributed by atoms with Crippen molar-refractivity contribution in [2.75, 3.05) is 24.3 Å². The van der Waals surface area contributed by atoms with Crippen LogP contribution in [0, 0.1) is 0 Å². The lowest BCUT2D eigenvalue weighted by molar-refractivity contribution is -0.114. The monoisotopic (exact) mass is 396 g/mol. The topological polar surface area (TPSA) is 59.6 Å². The third-order valence-electron chi connectivity index (χ3n) is 4.00. The summed E-state index contributed by atoms with van der Waals surface area (Å²) in [6.07, 6.45) is 0. The molecule has 0 fully saturated rings. The van der Waals surface area contributed by atoms with E-state index >= 15 is 0 Å². The number of carbonyl (C=O) groups is 1. The van der Waals surface area contributed by atoms with Gasteiger partial charge in [-0.3, -0.25) is 4.79 Å². The number of hydrogen-bond acceptors (Lipinski definition) is 4. The average molecular weight is 397 g/mol. The molecule has 0 aliphatic heterocycles. The molecule has 5 nitrogen and oxygen atoms in total. The van der Waals surface area contributed by atoms with Crippen molar-refractivity contribution in [1.29, 1.82) is 0 Å². The van der Waals surface area contributed by atoms with Crippen LogP contribution in [0.2, 0.25) is 5.02 Å². The lowest BCUT2D eigenvalue weighted by Crippen LogP contribution is -2.22. The van der Waals surface area contributed by atoms with E-state index in [9.17, 15) is 4.79 Å². The van der Waals surface area contributed by atoms with Gasteiger partial charge in [-0.15, -0.1) is 0 Å². The number of nitrogens with one attached hydrogen (secondary N) is 2. The first kappa shape index (κ1) is 19.6. The lowest BCUT2D eigenvalue weighted by atomic mass is 10.2. The van der Waals surface area contributed by atoms with E-state index in [4.69, 9.17) is 21.1 Å². The Hall–Kier alpha value is -3.18. The van der Waals surface area contributed by atoms with Crippen molar-refractivity contribution >= 4 is 28.9 Å². The molecule has 0 radical (unpaired) electrons. The highest BCUT2D eigenvalue weighted by molar-refractivity contribution is 6.32. The molecule has 6 heteroatoms. The fourth-order valence-corrected chi connectivity index (χ4v) is 2.86. The summed E-state index contributed by atoms with van der Waals surface area (Å²) in [7, 11) is 1.54. The van der Waals surface area contributed by atoms with E-state index in [-0.39, 0.29) is 12.5 Å². The Morgan fingerprint density at radius 1 is 0.964 bits per heavy atom. The molecular formula is C22H21ClN2O3. The van der Waals surface area contributed by atoms with Crippen LogP contribution in [-0.4, -0.2) is 19.6 Å². The molecule has 0 spiro atoms. The minimum absolute atomic E-state index is 0.0926. The van der Waals surface area contributed by atoms with Crippen molar-refractivity contribution < 1.29 is 14.3 Å². The zero-order chi connectivity index (χ0) is 19.8. The van der Waals surface area contributed by atoms with Crippen LogP contribution in [0.1, 0.15) is 5.56 Å². The fraction of sp³-hybridized carbons (Fsp3) is 0.136. The number of benzene rings is 3. The van der Waals surface area contributed by atoms with Crippen molar-refractivity contribution in [2.45, 2.75) is 6.61 Å². The summed E-state index contributed by atoms with van der Waals surface area (Å²) in [6.45, 7) is 0.547. The molecule has 144 valence electrons. The quantitative estimate of drug-likeness (QED) is 0.563. The number of anilines is 2. The predicted octanol–water partition coefficient (Wildman–Crippen LogP) is 4.98. The van der Waals surface area contributed by atoms with E-state index in [2.05, 4.69) is 10.6 Å². The number of para-hydroxylation sites is 2. The van der Waals surface area contributed by atoms with Crippen molar-refractivity contribution in [3.8, 4) is 11.5 Å². The Bertz CT molecular complexity index is 932. The van der Waals surface area contributed by atoms with Crippen molar-refractivity contribution in [1.82, 2.24) is 0 Å². The number of methoxy groups -OCH3 is 1. The largest absolute Gasteiger partial charge is 0.495 e. The Labute approximate surface area is 169 Å². The van der Waals surface area contributed by atoms with Crippen molar-refractivity contribution in [2.24, 2.45) is 0 Å². The molecule has 0 unspecified atom stereocenters. The molecule has 0 bridgehead atoms. The van der Waals surface area contributed by atoms with E-state index in [0.717, 1.165) is 11.3 Å². The Kier molecular flexibility index (Phi) is 6.76. The normalized spacial score (nSPS) is 10.2. The Morgan fingerprint density at radius 2 is 1.71 bits per heavy atom. The third kappa shape index (κ3) is 5.41. The average Bonchev–Trinajstić information content (AvgIpc) is 2.72. The van der Waals surface area contributed by atoms with Crippen LogP contribution in [0.25, 0.3) is 0 Å². The molecule has 0 saturated heterocycles. The molecule has 3 rings (SSSR count). The van der Waals surface area contributed by atoms with Gasteiger partial charge in [-0.2, -0.15) is 0 Å². The predicted molar refractivity (Wildman–Crippen MR) is 112 cm³/mol.